The Bertz CT molecular complexity index is 1240. The molecule has 2 heterocycles. The highest BCUT2D eigenvalue weighted by molar-refractivity contribution is 6.30. The van der Waals surface area contributed by atoms with Gasteiger partial charge in [0.15, 0.2) is 0 Å². The molecule has 40 heavy (non-hydrogen) atoms. The fourth-order valence-corrected chi connectivity index (χ4v) is 6.19. The van der Waals surface area contributed by atoms with E-state index in [0.717, 1.165) is 36.6 Å². The predicted octanol–water partition coefficient (Wildman–Crippen LogP) is 6.00. The largest absolute Gasteiger partial charge is 0.378 e. The summed E-state index contributed by atoms with van der Waals surface area (Å²) in [6, 6.07) is 18.6. The Labute approximate surface area is 243 Å². The van der Waals surface area contributed by atoms with Crippen LogP contribution in [-0.2, 0) is 4.79 Å². The van der Waals surface area contributed by atoms with Crippen LogP contribution in [0.2, 0.25) is 10.0 Å². The predicted molar refractivity (Wildman–Crippen MR) is 153 cm³/mol. The highest BCUT2D eigenvalue weighted by atomic mass is 35.5. The molecular weight excluding hydrogens is 555 g/mol. The van der Waals surface area contributed by atoms with Crippen LogP contribution >= 0.6 is 23.2 Å². The molecule has 5 rings (SSSR count). The molecule has 3 aromatic carbocycles. The number of halogens is 4. The molecule has 3 aromatic rings. The van der Waals surface area contributed by atoms with E-state index in [0.29, 0.717) is 48.2 Å². The number of nitrogens with zero attached hydrogens (tertiary/aromatic N) is 2. The van der Waals surface area contributed by atoms with Gasteiger partial charge >= 0.3 is 0 Å². The number of carbonyl (C=O) groups excluding carboxylic acids is 1. The van der Waals surface area contributed by atoms with Crippen LogP contribution in [0, 0.1) is 17.6 Å². The highest BCUT2D eigenvalue weighted by Crippen LogP contribution is 2.40. The standard InChI is InChI=1S/C31H33Cl2F2N3O2/c32-24-8-4-20(5-9-24)30(21-6-10-25(33)11-7-21)38-18-23(19-38)29(22-15-26(34)17-27(35)16-22)31(40)36-12-2-14-37-13-1-3-28(37)39/h4-11,15-17,23,28-30,39H,1-3,12-14,18-19H2,(H,36,40). The van der Waals surface area contributed by atoms with Gasteiger partial charge in [0, 0.05) is 54.8 Å². The summed E-state index contributed by atoms with van der Waals surface area (Å²) in [6.07, 6.45) is 1.99. The zero-order chi connectivity index (χ0) is 28.2. The quantitative estimate of drug-likeness (QED) is 0.286. The first-order valence-electron chi connectivity index (χ1n) is 13.7. The lowest BCUT2D eigenvalue weighted by Gasteiger charge is -2.47. The van der Waals surface area contributed by atoms with Gasteiger partial charge in [0.05, 0.1) is 12.0 Å². The van der Waals surface area contributed by atoms with Crippen LogP contribution in [-0.4, -0.2) is 59.8 Å². The molecule has 2 saturated heterocycles. The van der Waals surface area contributed by atoms with Crippen molar-refractivity contribution < 1.29 is 18.7 Å². The van der Waals surface area contributed by atoms with E-state index < -0.39 is 23.8 Å². The van der Waals surface area contributed by atoms with E-state index in [1.165, 1.54) is 12.1 Å². The summed E-state index contributed by atoms with van der Waals surface area (Å²) in [7, 11) is 0. The third-order valence-corrected chi connectivity index (χ3v) is 8.43. The number of likely N-dealkylation sites (tertiary alicyclic amines) is 2. The fraction of sp³-hybridized carbons (Fsp3) is 0.387. The van der Waals surface area contributed by atoms with Crippen molar-refractivity contribution in [3.8, 4) is 0 Å². The molecule has 0 radical (unpaired) electrons. The van der Waals surface area contributed by atoms with Crippen LogP contribution in [0.3, 0.4) is 0 Å². The molecule has 212 valence electrons. The topological polar surface area (TPSA) is 55.8 Å². The van der Waals surface area contributed by atoms with Crippen LogP contribution in [0.1, 0.15) is 47.9 Å². The number of nitrogens with one attached hydrogen (secondary N) is 1. The van der Waals surface area contributed by atoms with Gasteiger partial charge in [-0.3, -0.25) is 14.6 Å². The Morgan fingerprint density at radius 1 is 0.925 bits per heavy atom. The van der Waals surface area contributed by atoms with Gasteiger partial charge < -0.3 is 10.4 Å². The smallest absolute Gasteiger partial charge is 0.227 e. The number of hydrogen-bond donors (Lipinski definition) is 2. The first kappa shape index (κ1) is 29.0. The number of amides is 1. The summed E-state index contributed by atoms with van der Waals surface area (Å²) in [5.41, 5.74) is 2.43. The van der Waals surface area contributed by atoms with Crippen LogP contribution < -0.4 is 5.32 Å². The Morgan fingerprint density at radius 3 is 2.02 bits per heavy atom. The van der Waals surface area contributed by atoms with E-state index in [1.54, 1.807) is 0 Å². The molecule has 2 aliphatic heterocycles. The average molecular weight is 589 g/mol. The summed E-state index contributed by atoms with van der Waals surface area (Å²) in [5, 5.41) is 14.3. The van der Waals surface area contributed by atoms with Crippen molar-refractivity contribution in [2.24, 2.45) is 5.92 Å². The third kappa shape index (κ3) is 6.84. The molecule has 9 heteroatoms. The summed E-state index contributed by atoms with van der Waals surface area (Å²) < 4.78 is 28.5. The monoisotopic (exact) mass is 587 g/mol. The van der Waals surface area contributed by atoms with Crippen molar-refractivity contribution >= 4 is 29.1 Å². The van der Waals surface area contributed by atoms with Gasteiger partial charge in [-0.05, 0) is 72.4 Å². The molecule has 0 bridgehead atoms. The van der Waals surface area contributed by atoms with E-state index in [4.69, 9.17) is 23.2 Å². The lowest BCUT2D eigenvalue weighted by Crippen LogP contribution is -2.53. The molecule has 0 saturated carbocycles. The lowest BCUT2D eigenvalue weighted by molar-refractivity contribution is -0.125. The van der Waals surface area contributed by atoms with Crippen molar-refractivity contribution in [3.63, 3.8) is 0 Å². The van der Waals surface area contributed by atoms with E-state index in [1.807, 2.05) is 53.4 Å². The molecule has 2 N–H and O–H groups in total. The first-order chi connectivity index (χ1) is 19.3. The molecule has 2 atom stereocenters. The van der Waals surface area contributed by atoms with Crippen molar-refractivity contribution in [1.82, 2.24) is 15.1 Å². The second-order valence-electron chi connectivity index (χ2n) is 10.7. The molecule has 0 aromatic heterocycles. The minimum Gasteiger partial charge on any atom is -0.378 e. The van der Waals surface area contributed by atoms with Crippen LogP contribution in [0.25, 0.3) is 0 Å². The zero-order valence-electron chi connectivity index (χ0n) is 22.1. The van der Waals surface area contributed by atoms with Gasteiger partial charge in [0.1, 0.15) is 17.9 Å². The molecule has 0 aliphatic carbocycles. The molecule has 2 fully saturated rings. The zero-order valence-corrected chi connectivity index (χ0v) is 23.6. The minimum atomic E-state index is -0.702. The second-order valence-corrected chi connectivity index (χ2v) is 11.6. The maximum absolute atomic E-state index is 14.2. The van der Waals surface area contributed by atoms with E-state index >= 15 is 0 Å². The second kappa shape index (κ2) is 13.0. The van der Waals surface area contributed by atoms with Gasteiger partial charge in [-0.15, -0.1) is 0 Å². The van der Waals surface area contributed by atoms with Gasteiger partial charge in [-0.1, -0.05) is 47.5 Å². The van der Waals surface area contributed by atoms with E-state index in [2.05, 4.69) is 10.2 Å². The summed E-state index contributed by atoms with van der Waals surface area (Å²) in [4.78, 5) is 17.7. The normalized spacial score (nSPS) is 19.1. The van der Waals surface area contributed by atoms with Gasteiger partial charge in [-0.25, -0.2) is 8.78 Å². The molecule has 1 amide bonds. The number of carbonyl (C=O) groups is 1. The number of hydrogen-bond acceptors (Lipinski definition) is 4. The summed E-state index contributed by atoms with van der Waals surface area (Å²) in [5.74, 6) is -2.48. The van der Waals surface area contributed by atoms with Crippen LogP contribution in [0.4, 0.5) is 8.78 Å². The maximum Gasteiger partial charge on any atom is 0.227 e. The number of benzene rings is 3. The lowest BCUT2D eigenvalue weighted by atomic mass is 9.78. The Morgan fingerprint density at radius 2 is 1.50 bits per heavy atom. The van der Waals surface area contributed by atoms with Crippen molar-refractivity contribution in [3.05, 3.63) is 105 Å². The van der Waals surface area contributed by atoms with Crippen molar-refractivity contribution in [1.29, 1.82) is 0 Å². The SMILES string of the molecule is O=C(NCCCN1CCCC1O)C(c1cc(F)cc(F)c1)C1CN(C(c2ccc(Cl)cc2)c2ccc(Cl)cc2)C1. The Balaban J connectivity index is 1.32. The number of aliphatic hydroxyl groups is 1. The highest BCUT2D eigenvalue weighted by Gasteiger charge is 2.42. The fourth-order valence-electron chi connectivity index (χ4n) is 5.94. The molecular formula is C31H33Cl2F2N3O2. The van der Waals surface area contributed by atoms with Crippen molar-refractivity contribution in [2.45, 2.75) is 37.5 Å². The Hall–Kier alpha value is -2.55. The molecule has 5 nitrogen and oxygen atoms in total. The van der Waals surface area contributed by atoms with Crippen molar-refractivity contribution in [2.75, 3.05) is 32.7 Å². The third-order valence-electron chi connectivity index (χ3n) is 7.92. The molecule has 2 aliphatic rings. The number of rotatable bonds is 10. The Kier molecular flexibility index (Phi) is 9.38. The molecule has 2 unspecified atom stereocenters. The summed E-state index contributed by atoms with van der Waals surface area (Å²) in [6.45, 7) is 3.07. The first-order valence-corrected chi connectivity index (χ1v) is 14.4. The van der Waals surface area contributed by atoms with Gasteiger partial charge in [0.25, 0.3) is 0 Å². The van der Waals surface area contributed by atoms with Gasteiger partial charge in [0.2, 0.25) is 5.91 Å². The number of aliphatic hydroxyl groups excluding tert-OH is 1. The van der Waals surface area contributed by atoms with Crippen LogP contribution in [0.5, 0.6) is 0 Å². The van der Waals surface area contributed by atoms with E-state index in [9.17, 15) is 18.7 Å². The average Bonchev–Trinajstić information content (AvgIpc) is 3.31. The van der Waals surface area contributed by atoms with E-state index in [-0.39, 0.29) is 17.9 Å². The van der Waals surface area contributed by atoms with Gasteiger partial charge in [-0.2, -0.15) is 0 Å². The summed E-state index contributed by atoms with van der Waals surface area (Å²) >= 11 is 12.3. The molecule has 0 spiro atoms. The minimum absolute atomic E-state index is 0.0920. The van der Waals surface area contributed by atoms with Crippen LogP contribution in [0.15, 0.2) is 66.7 Å². The maximum atomic E-state index is 14.2.